The Bertz CT molecular complexity index is 816. The number of hydrogen-bond acceptors (Lipinski definition) is 5. The average molecular weight is 347 g/mol. The zero-order valence-corrected chi connectivity index (χ0v) is 13.8. The molecule has 1 aliphatic rings. The molecule has 1 aromatic heterocycles. The minimum absolute atomic E-state index is 0.267. The highest BCUT2D eigenvalue weighted by atomic mass is 32.2. The zero-order chi connectivity index (χ0) is 17.3. The molecule has 0 aliphatic carbocycles. The molecule has 0 saturated heterocycles. The van der Waals surface area contributed by atoms with Gasteiger partial charge in [-0.2, -0.15) is 0 Å². The number of hydrazone groups is 1. The number of hydrogen-bond donors (Lipinski definition) is 1. The third kappa shape index (κ3) is 3.33. The lowest BCUT2D eigenvalue weighted by Crippen LogP contribution is -2.25. The summed E-state index contributed by atoms with van der Waals surface area (Å²) in [4.78, 5) is 23.0. The van der Waals surface area contributed by atoms with Crippen LogP contribution in [0.5, 0.6) is 0 Å². The summed E-state index contributed by atoms with van der Waals surface area (Å²) < 4.78 is 18.8. The standard InChI is InChI=1S/C16H14FN3O3S/c1-9(21)18-16-19-20(10(2)22)15(24-16)14-8-7-13(23-14)11-3-5-12(17)6-4-11/h3-8,15H,1-2H3,(H,18,19,21)/t15-/m1/s1. The van der Waals surface area contributed by atoms with Gasteiger partial charge >= 0.3 is 0 Å². The molecule has 0 saturated carbocycles. The molecule has 1 N–H and O–H groups in total. The van der Waals surface area contributed by atoms with Crippen molar-refractivity contribution < 1.29 is 18.4 Å². The van der Waals surface area contributed by atoms with E-state index in [1.54, 1.807) is 24.3 Å². The molecule has 8 heteroatoms. The molecule has 0 fully saturated rings. The van der Waals surface area contributed by atoms with E-state index in [9.17, 15) is 14.0 Å². The second kappa shape index (κ2) is 6.48. The van der Waals surface area contributed by atoms with Gasteiger partial charge in [-0.15, -0.1) is 5.10 Å². The Balaban J connectivity index is 1.85. The van der Waals surface area contributed by atoms with Crippen LogP contribution in [0, 0.1) is 5.82 Å². The van der Waals surface area contributed by atoms with Gasteiger partial charge in [-0.3, -0.25) is 9.59 Å². The van der Waals surface area contributed by atoms with Crippen molar-refractivity contribution in [2.45, 2.75) is 19.2 Å². The number of rotatable bonds is 2. The van der Waals surface area contributed by atoms with E-state index in [2.05, 4.69) is 10.4 Å². The van der Waals surface area contributed by atoms with Gasteiger partial charge in [-0.25, -0.2) is 9.40 Å². The maximum absolute atomic E-state index is 13.0. The predicted molar refractivity (Wildman–Crippen MR) is 88.2 cm³/mol. The first-order valence-electron chi connectivity index (χ1n) is 7.12. The second-order valence-electron chi connectivity index (χ2n) is 5.13. The summed E-state index contributed by atoms with van der Waals surface area (Å²) in [5, 5.41) is 7.76. The van der Waals surface area contributed by atoms with Crippen molar-refractivity contribution in [2.75, 3.05) is 0 Å². The second-order valence-corrected chi connectivity index (χ2v) is 6.20. The van der Waals surface area contributed by atoms with Crippen LogP contribution in [0.2, 0.25) is 0 Å². The van der Waals surface area contributed by atoms with Crippen molar-refractivity contribution in [3.05, 3.63) is 48.0 Å². The van der Waals surface area contributed by atoms with E-state index in [1.807, 2.05) is 0 Å². The molecule has 0 radical (unpaired) electrons. The molecule has 2 amide bonds. The SMILES string of the molecule is CC(=O)NC1=NN(C(C)=O)[C@@H](c2ccc(-c3ccc(F)cc3)o2)S1. The van der Waals surface area contributed by atoms with Gasteiger partial charge < -0.3 is 9.73 Å². The lowest BCUT2D eigenvalue weighted by atomic mass is 10.2. The molecule has 0 unspecified atom stereocenters. The minimum Gasteiger partial charge on any atom is -0.458 e. The van der Waals surface area contributed by atoms with Crippen LogP contribution >= 0.6 is 11.8 Å². The molecule has 1 aromatic carbocycles. The van der Waals surface area contributed by atoms with Crippen LogP contribution in [0.3, 0.4) is 0 Å². The molecular formula is C16H14FN3O3S. The van der Waals surface area contributed by atoms with E-state index in [4.69, 9.17) is 4.42 Å². The fourth-order valence-corrected chi connectivity index (χ4v) is 3.29. The van der Waals surface area contributed by atoms with Crippen molar-refractivity contribution in [1.29, 1.82) is 0 Å². The Morgan fingerprint density at radius 3 is 2.54 bits per heavy atom. The van der Waals surface area contributed by atoms with E-state index >= 15 is 0 Å². The molecule has 0 spiro atoms. The first-order chi connectivity index (χ1) is 11.4. The van der Waals surface area contributed by atoms with Crippen LogP contribution in [0.4, 0.5) is 4.39 Å². The number of amides is 2. The largest absolute Gasteiger partial charge is 0.458 e. The fourth-order valence-electron chi connectivity index (χ4n) is 2.20. The van der Waals surface area contributed by atoms with Crippen LogP contribution in [0.1, 0.15) is 25.0 Å². The Morgan fingerprint density at radius 2 is 1.92 bits per heavy atom. The maximum Gasteiger partial charge on any atom is 0.241 e. The van der Waals surface area contributed by atoms with Crippen LogP contribution in [-0.4, -0.2) is 22.0 Å². The normalized spacial score (nSPS) is 16.9. The van der Waals surface area contributed by atoms with E-state index in [0.717, 1.165) is 5.56 Å². The van der Waals surface area contributed by atoms with Crippen LogP contribution in [0.15, 0.2) is 45.9 Å². The number of benzene rings is 1. The number of carbonyl (C=O) groups is 2. The third-order valence-electron chi connectivity index (χ3n) is 3.25. The van der Waals surface area contributed by atoms with Gasteiger partial charge in [-0.1, -0.05) is 11.8 Å². The van der Waals surface area contributed by atoms with Crippen LogP contribution < -0.4 is 5.32 Å². The molecule has 1 atom stereocenters. The zero-order valence-electron chi connectivity index (χ0n) is 12.9. The Hall–Kier alpha value is -2.61. The number of carbonyl (C=O) groups excluding carboxylic acids is 2. The number of amidine groups is 1. The van der Waals surface area contributed by atoms with E-state index in [-0.39, 0.29) is 17.6 Å². The van der Waals surface area contributed by atoms with Crippen LogP contribution in [0.25, 0.3) is 11.3 Å². The summed E-state index contributed by atoms with van der Waals surface area (Å²) in [5.74, 6) is 0.207. The highest BCUT2D eigenvalue weighted by Crippen LogP contribution is 2.40. The monoisotopic (exact) mass is 347 g/mol. The minimum atomic E-state index is -0.501. The van der Waals surface area contributed by atoms with Crippen molar-refractivity contribution in [1.82, 2.24) is 10.3 Å². The Kier molecular flexibility index (Phi) is 4.39. The fraction of sp³-hybridized carbons (Fsp3) is 0.188. The topological polar surface area (TPSA) is 74.9 Å². The Labute approximate surface area is 141 Å². The molecule has 1 aliphatic heterocycles. The van der Waals surface area contributed by atoms with Gasteiger partial charge in [0, 0.05) is 19.4 Å². The van der Waals surface area contributed by atoms with Gasteiger partial charge in [0.25, 0.3) is 0 Å². The quantitative estimate of drug-likeness (QED) is 0.906. The highest BCUT2D eigenvalue weighted by Gasteiger charge is 2.34. The van der Waals surface area contributed by atoms with E-state index in [0.29, 0.717) is 16.7 Å². The molecular weight excluding hydrogens is 333 g/mol. The summed E-state index contributed by atoms with van der Waals surface area (Å²) in [7, 11) is 0. The highest BCUT2D eigenvalue weighted by molar-refractivity contribution is 8.14. The van der Waals surface area contributed by atoms with Gasteiger partial charge in [0.2, 0.25) is 11.8 Å². The van der Waals surface area contributed by atoms with Gasteiger partial charge in [-0.05, 0) is 36.4 Å². The third-order valence-corrected chi connectivity index (χ3v) is 4.31. The van der Waals surface area contributed by atoms with Crippen LogP contribution in [-0.2, 0) is 9.59 Å². The number of halogens is 1. The summed E-state index contributed by atoms with van der Waals surface area (Å²) in [6, 6.07) is 9.41. The molecule has 24 heavy (non-hydrogen) atoms. The lowest BCUT2D eigenvalue weighted by Gasteiger charge is -2.16. The number of nitrogens with zero attached hydrogens (tertiary/aromatic N) is 2. The molecule has 3 rings (SSSR count). The lowest BCUT2D eigenvalue weighted by molar-refractivity contribution is -0.129. The maximum atomic E-state index is 13.0. The molecule has 2 aromatic rings. The summed E-state index contributed by atoms with van der Waals surface area (Å²) in [6.07, 6.45) is 0. The molecule has 0 bridgehead atoms. The van der Waals surface area contributed by atoms with E-state index < -0.39 is 5.37 Å². The van der Waals surface area contributed by atoms with E-state index in [1.165, 1.54) is 42.8 Å². The number of nitrogens with one attached hydrogen (secondary N) is 1. The Morgan fingerprint density at radius 1 is 1.21 bits per heavy atom. The average Bonchev–Trinajstić information content (AvgIpc) is 3.14. The summed E-state index contributed by atoms with van der Waals surface area (Å²) >= 11 is 1.21. The summed E-state index contributed by atoms with van der Waals surface area (Å²) in [5.41, 5.74) is 0.725. The first-order valence-corrected chi connectivity index (χ1v) is 8.00. The molecule has 2 heterocycles. The molecule has 124 valence electrons. The van der Waals surface area contributed by atoms with Gasteiger partial charge in [0.15, 0.2) is 10.5 Å². The van der Waals surface area contributed by atoms with Crippen molar-refractivity contribution in [3.8, 4) is 11.3 Å². The molecule has 6 nitrogen and oxygen atoms in total. The van der Waals surface area contributed by atoms with Gasteiger partial charge in [0.05, 0.1) is 0 Å². The van der Waals surface area contributed by atoms with Crippen molar-refractivity contribution in [3.63, 3.8) is 0 Å². The predicted octanol–water partition coefficient (Wildman–Crippen LogP) is 3.09. The summed E-state index contributed by atoms with van der Waals surface area (Å²) in [6.45, 7) is 2.76. The van der Waals surface area contributed by atoms with Gasteiger partial charge in [0.1, 0.15) is 17.3 Å². The van der Waals surface area contributed by atoms with Crippen molar-refractivity contribution in [2.24, 2.45) is 5.10 Å². The first kappa shape index (κ1) is 16.3. The number of furan rings is 1. The smallest absolute Gasteiger partial charge is 0.241 e. The number of thioether (sulfide) groups is 1. The van der Waals surface area contributed by atoms with Crippen molar-refractivity contribution >= 4 is 28.7 Å².